The van der Waals surface area contributed by atoms with E-state index in [1.165, 1.54) is 4.31 Å². The van der Waals surface area contributed by atoms with Gasteiger partial charge in [-0.15, -0.1) is 0 Å². The average Bonchev–Trinajstić information content (AvgIpc) is 3.43. The van der Waals surface area contributed by atoms with Crippen LogP contribution >= 0.6 is 0 Å². The fourth-order valence-corrected chi connectivity index (χ4v) is 4.89. The van der Waals surface area contributed by atoms with Crippen LogP contribution < -0.4 is 0 Å². The zero-order valence-corrected chi connectivity index (χ0v) is 18.5. The maximum absolute atomic E-state index is 13.4. The van der Waals surface area contributed by atoms with Crippen molar-refractivity contribution < 1.29 is 12.9 Å². The Morgan fingerprint density at radius 1 is 1.10 bits per heavy atom. The minimum atomic E-state index is -3.72. The van der Waals surface area contributed by atoms with Gasteiger partial charge in [-0.25, -0.2) is 13.1 Å². The monoisotopic (exact) mass is 436 g/mol. The topological polar surface area (TPSA) is 81.2 Å². The van der Waals surface area contributed by atoms with Gasteiger partial charge in [0, 0.05) is 37.0 Å². The van der Waals surface area contributed by atoms with Crippen LogP contribution in [0.5, 0.6) is 0 Å². The molecule has 31 heavy (non-hydrogen) atoms. The van der Waals surface area contributed by atoms with Crippen LogP contribution in [0.2, 0.25) is 0 Å². The second kappa shape index (κ2) is 8.49. The van der Waals surface area contributed by atoms with Gasteiger partial charge in [0.15, 0.2) is 5.76 Å². The molecular formula is C23H24N4O3S. The third kappa shape index (κ3) is 4.30. The van der Waals surface area contributed by atoms with Gasteiger partial charge < -0.3 is 4.52 Å². The smallest absolute Gasteiger partial charge is 0.243 e. The predicted molar refractivity (Wildman–Crippen MR) is 118 cm³/mol. The lowest BCUT2D eigenvalue weighted by molar-refractivity contribution is 0.427. The summed E-state index contributed by atoms with van der Waals surface area (Å²) in [7, 11) is -2.14. The van der Waals surface area contributed by atoms with Crippen LogP contribution in [0, 0.1) is 6.92 Å². The van der Waals surface area contributed by atoms with E-state index in [4.69, 9.17) is 4.52 Å². The highest BCUT2D eigenvalue weighted by molar-refractivity contribution is 7.89. The molecule has 0 radical (unpaired) electrons. The summed E-state index contributed by atoms with van der Waals surface area (Å²) >= 11 is 0. The van der Waals surface area contributed by atoms with Crippen LogP contribution in [-0.2, 0) is 23.0 Å². The van der Waals surface area contributed by atoms with Crippen LogP contribution in [0.1, 0.15) is 23.7 Å². The molecule has 0 saturated heterocycles. The molecule has 2 heterocycles. The molecule has 160 valence electrons. The van der Waals surface area contributed by atoms with E-state index in [2.05, 4.69) is 10.3 Å². The average molecular weight is 437 g/mol. The van der Waals surface area contributed by atoms with Gasteiger partial charge in [0.05, 0.1) is 22.5 Å². The molecule has 0 bridgehead atoms. The summed E-state index contributed by atoms with van der Waals surface area (Å²) in [6, 6.07) is 16.8. The van der Waals surface area contributed by atoms with Gasteiger partial charge >= 0.3 is 0 Å². The zero-order chi connectivity index (χ0) is 22.0. The molecule has 0 atom stereocenters. The number of aryl methyl sites for hydroxylation is 2. The summed E-state index contributed by atoms with van der Waals surface area (Å²) in [5.74, 6) is 0.545. The second-order valence-electron chi connectivity index (χ2n) is 7.40. The molecule has 0 fully saturated rings. The van der Waals surface area contributed by atoms with Gasteiger partial charge in [0.1, 0.15) is 0 Å². The predicted octanol–water partition coefficient (Wildman–Crippen LogP) is 4.22. The zero-order valence-electron chi connectivity index (χ0n) is 17.7. The van der Waals surface area contributed by atoms with Crippen molar-refractivity contribution in [1.82, 2.24) is 19.2 Å². The molecule has 2 aromatic carbocycles. The molecule has 0 aliphatic carbocycles. The molecule has 0 aliphatic heterocycles. The minimum Gasteiger partial charge on any atom is -0.356 e. The van der Waals surface area contributed by atoms with Crippen LogP contribution in [0.3, 0.4) is 0 Å². The Balaban J connectivity index is 1.62. The van der Waals surface area contributed by atoms with Crippen LogP contribution in [0.25, 0.3) is 17.0 Å². The lowest BCUT2D eigenvalue weighted by Crippen LogP contribution is -2.27. The lowest BCUT2D eigenvalue weighted by Gasteiger charge is -2.19. The Bertz CT molecular complexity index is 1290. The summed E-state index contributed by atoms with van der Waals surface area (Å²) in [4.78, 5) is 0.277. The number of hydrogen-bond acceptors (Lipinski definition) is 5. The molecule has 0 saturated carbocycles. The number of sulfonamides is 1. The SMILES string of the molecule is CCc1ccc(-c2cc(C)no2)cc1S(=O)(=O)N(C)Cc1cnn(-c2ccccc2)c1. The summed E-state index contributed by atoms with van der Waals surface area (Å²) in [5.41, 5.74) is 3.90. The minimum absolute atomic E-state index is 0.212. The van der Waals surface area contributed by atoms with Crippen LogP contribution in [0.4, 0.5) is 0 Å². The molecule has 8 heteroatoms. The van der Waals surface area contributed by atoms with E-state index in [1.54, 1.807) is 30.1 Å². The number of benzene rings is 2. The number of nitrogens with zero attached hydrogens (tertiary/aromatic N) is 4. The number of hydrogen-bond donors (Lipinski definition) is 0. The van der Waals surface area contributed by atoms with Gasteiger partial charge in [-0.05, 0) is 37.1 Å². The lowest BCUT2D eigenvalue weighted by atomic mass is 10.1. The highest BCUT2D eigenvalue weighted by Crippen LogP contribution is 2.28. The van der Waals surface area contributed by atoms with E-state index >= 15 is 0 Å². The van der Waals surface area contributed by atoms with Crippen molar-refractivity contribution in [3.8, 4) is 17.0 Å². The van der Waals surface area contributed by atoms with E-state index in [-0.39, 0.29) is 11.4 Å². The molecular weight excluding hydrogens is 412 g/mol. The van der Waals surface area contributed by atoms with Crippen molar-refractivity contribution in [2.45, 2.75) is 31.7 Å². The highest BCUT2D eigenvalue weighted by atomic mass is 32.2. The van der Waals surface area contributed by atoms with E-state index in [0.717, 1.165) is 22.5 Å². The van der Waals surface area contributed by atoms with E-state index in [0.29, 0.717) is 17.7 Å². The Morgan fingerprint density at radius 3 is 2.55 bits per heavy atom. The Labute approximate surface area is 182 Å². The molecule has 0 aliphatic rings. The van der Waals surface area contributed by atoms with Gasteiger partial charge in [0.2, 0.25) is 10.0 Å². The van der Waals surface area contributed by atoms with Gasteiger partial charge in [-0.1, -0.05) is 42.4 Å². The Morgan fingerprint density at radius 2 is 1.87 bits per heavy atom. The molecule has 4 rings (SSSR count). The fraction of sp³-hybridized carbons (Fsp3) is 0.217. The summed E-state index contributed by atoms with van der Waals surface area (Å²) in [6.07, 6.45) is 4.13. The van der Waals surface area contributed by atoms with Gasteiger partial charge in [-0.3, -0.25) is 0 Å². The number of rotatable bonds is 7. The Hall–Kier alpha value is -3.23. The number of para-hydroxylation sites is 1. The summed E-state index contributed by atoms with van der Waals surface area (Å²) in [6.45, 7) is 3.98. The molecule has 0 unspecified atom stereocenters. The molecule has 4 aromatic rings. The third-order valence-electron chi connectivity index (χ3n) is 5.11. The van der Waals surface area contributed by atoms with E-state index in [1.807, 2.05) is 62.5 Å². The summed E-state index contributed by atoms with van der Waals surface area (Å²) < 4.78 is 35.3. The quantitative estimate of drug-likeness (QED) is 0.433. The first-order valence-corrected chi connectivity index (χ1v) is 11.4. The Kier molecular flexibility index (Phi) is 5.75. The number of aromatic nitrogens is 3. The largest absolute Gasteiger partial charge is 0.356 e. The molecule has 0 spiro atoms. The summed E-state index contributed by atoms with van der Waals surface area (Å²) in [5, 5.41) is 8.26. The first-order chi connectivity index (χ1) is 14.9. The highest BCUT2D eigenvalue weighted by Gasteiger charge is 2.25. The molecule has 0 N–H and O–H groups in total. The first kappa shape index (κ1) is 21.0. The van der Waals surface area contributed by atoms with Crippen molar-refractivity contribution in [3.63, 3.8) is 0 Å². The van der Waals surface area contributed by atoms with E-state index < -0.39 is 10.0 Å². The molecule has 2 aromatic heterocycles. The first-order valence-electron chi connectivity index (χ1n) is 10.0. The van der Waals surface area contributed by atoms with Crippen molar-refractivity contribution >= 4 is 10.0 Å². The maximum Gasteiger partial charge on any atom is 0.243 e. The van der Waals surface area contributed by atoms with Crippen molar-refractivity contribution in [2.24, 2.45) is 0 Å². The van der Waals surface area contributed by atoms with E-state index in [9.17, 15) is 8.42 Å². The van der Waals surface area contributed by atoms with Gasteiger partial charge in [-0.2, -0.15) is 9.40 Å². The second-order valence-corrected chi connectivity index (χ2v) is 9.41. The normalized spacial score (nSPS) is 11.9. The fourth-order valence-electron chi connectivity index (χ4n) is 3.41. The maximum atomic E-state index is 13.4. The third-order valence-corrected chi connectivity index (χ3v) is 7.00. The van der Waals surface area contributed by atoms with Crippen molar-refractivity contribution in [1.29, 1.82) is 0 Å². The van der Waals surface area contributed by atoms with Crippen molar-refractivity contribution in [3.05, 3.63) is 83.8 Å². The van der Waals surface area contributed by atoms with Crippen LogP contribution in [-0.4, -0.2) is 34.7 Å². The van der Waals surface area contributed by atoms with Crippen LogP contribution in [0.15, 0.2) is 76.4 Å². The van der Waals surface area contributed by atoms with Crippen molar-refractivity contribution in [2.75, 3.05) is 7.05 Å². The standard InChI is InChI=1S/C23H24N4O3S/c1-4-19-10-11-20(22-12-17(2)25-30-22)13-23(19)31(28,29)26(3)15-18-14-24-27(16-18)21-8-6-5-7-9-21/h5-14,16H,4,15H2,1-3H3. The molecule has 7 nitrogen and oxygen atoms in total. The van der Waals surface area contributed by atoms with Gasteiger partial charge in [0.25, 0.3) is 0 Å². The molecule has 0 amide bonds.